The molecule has 110 valence electrons. The van der Waals surface area contributed by atoms with Crippen LogP contribution >= 0.6 is 0 Å². The highest BCUT2D eigenvalue weighted by Gasteiger charge is 2.07. The third-order valence-electron chi connectivity index (χ3n) is 3.21. The number of anilines is 1. The van der Waals surface area contributed by atoms with Crippen LogP contribution in [0.2, 0.25) is 0 Å². The summed E-state index contributed by atoms with van der Waals surface area (Å²) < 4.78 is 18.9. The van der Waals surface area contributed by atoms with Crippen molar-refractivity contribution in [2.24, 2.45) is 5.73 Å². The van der Waals surface area contributed by atoms with Crippen molar-refractivity contribution in [2.45, 2.75) is 13.5 Å². The predicted octanol–water partition coefficient (Wildman–Crippen LogP) is 2.85. The number of nitrogens with one attached hydrogen (secondary N) is 1. The number of hydrogen-bond acceptors (Lipinski definition) is 3. The van der Waals surface area contributed by atoms with Crippen LogP contribution < -0.4 is 15.8 Å². The molecule has 0 aliphatic heterocycles. The quantitative estimate of drug-likeness (QED) is 0.889. The van der Waals surface area contributed by atoms with Crippen LogP contribution in [0.15, 0.2) is 36.4 Å². The fraction of sp³-hybridized carbons (Fsp3) is 0.188. The van der Waals surface area contributed by atoms with Gasteiger partial charge in [-0.25, -0.2) is 4.39 Å². The van der Waals surface area contributed by atoms with E-state index in [-0.39, 0.29) is 12.4 Å². The zero-order valence-corrected chi connectivity index (χ0v) is 11.9. The third kappa shape index (κ3) is 3.51. The molecule has 0 aromatic heterocycles. The molecule has 21 heavy (non-hydrogen) atoms. The highest BCUT2D eigenvalue weighted by atomic mass is 19.1. The van der Waals surface area contributed by atoms with Crippen LogP contribution in [0.1, 0.15) is 21.5 Å². The molecule has 2 aromatic rings. The van der Waals surface area contributed by atoms with Crippen LogP contribution in [0.25, 0.3) is 0 Å². The van der Waals surface area contributed by atoms with Gasteiger partial charge in [-0.1, -0.05) is 0 Å². The molecule has 0 saturated carbocycles. The molecule has 0 aliphatic carbocycles. The molecule has 0 radical (unpaired) electrons. The molecule has 0 spiro atoms. The van der Waals surface area contributed by atoms with Gasteiger partial charge in [-0.3, -0.25) is 4.79 Å². The highest BCUT2D eigenvalue weighted by molar-refractivity contribution is 5.92. The smallest absolute Gasteiger partial charge is 0.248 e. The molecule has 0 saturated heterocycles. The number of primary amides is 1. The van der Waals surface area contributed by atoms with Crippen LogP contribution in [0.4, 0.5) is 10.1 Å². The fourth-order valence-electron chi connectivity index (χ4n) is 2.05. The van der Waals surface area contributed by atoms with Crippen LogP contribution in [-0.2, 0) is 6.54 Å². The number of benzene rings is 2. The summed E-state index contributed by atoms with van der Waals surface area (Å²) in [4.78, 5) is 11.1. The lowest BCUT2D eigenvalue weighted by Gasteiger charge is -2.11. The Morgan fingerprint density at radius 2 is 2.05 bits per heavy atom. The first kappa shape index (κ1) is 14.8. The summed E-state index contributed by atoms with van der Waals surface area (Å²) >= 11 is 0. The van der Waals surface area contributed by atoms with Crippen molar-refractivity contribution in [1.82, 2.24) is 0 Å². The minimum absolute atomic E-state index is 0.263. The van der Waals surface area contributed by atoms with Gasteiger partial charge in [-0.05, 0) is 48.9 Å². The molecule has 1 amide bonds. The lowest BCUT2D eigenvalue weighted by atomic mass is 10.1. The standard InChI is InChI=1S/C16H17FN2O2/c1-10-7-13(4-6-15(10)21-2)19-9-12-8-11(16(18)20)3-5-14(12)17/h3-8,19H,9H2,1-2H3,(H2,18,20). The summed E-state index contributed by atoms with van der Waals surface area (Å²) in [6, 6.07) is 9.68. The lowest BCUT2D eigenvalue weighted by molar-refractivity contribution is 0.1000. The third-order valence-corrected chi connectivity index (χ3v) is 3.21. The zero-order valence-electron chi connectivity index (χ0n) is 11.9. The van der Waals surface area contributed by atoms with Crippen molar-refractivity contribution in [3.63, 3.8) is 0 Å². The van der Waals surface area contributed by atoms with Crippen LogP contribution in [0.3, 0.4) is 0 Å². The topological polar surface area (TPSA) is 64.3 Å². The Morgan fingerprint density at radius 3 is 2.67 bits per heavy atom. The van der Waals surface area contributed by atoms with E-state index in [1.807, 2.05) is 25.1 Å². The van der Waals surface area contributed by atoms with Gasteiger partial charge in [0, 0.05) is 23.4 Å². The molecule has 0 atom stereocenters. The van der Waals surface area contributed by atoms with Gasteiger partial charge >= 0.3 is 0 Å². The largest absolute Gasteiger partial charge is 0.496 e. The minimum Gasteiger partial charge on any atom is -0.496 e. The second-order valence-corrected chi connectivity index (χ2v) is 4.71. The molecule has 2 aromatic carbocycles. The highest BCUT2D eigenvalue weighted by Crippen LogP contribution is 2.22. The molecule has 2 rings (SSSR count). The van der Waals surface area contributed by atoms with Crippen molar-refractivity contribution < 1.29 is 13.9 Å². The number of nitrogens with two attached hydrogens (primary N) is 1. The number of aryl methyl sites for hydroxylation is 1. The van der Waals surface area contributed by atoms with Gasteiger partial charge < -0.3 is 15.8 Å². The number of rotatable bonds is 5. The molecule has 3 N–H and O–H groups in total. The SMILES string of the molecule is COc1ccc(NCc2cc(C(N)=O)ccc2F)cc1C. The minimum atomic E-state index is -0.573. The van der Waals surface area contributed by atoms with Gasteiger partial charge in [0.05, 0.1) is 7.11 Å². The summed E-state index contributed by atoms with van der Waals surface area (Å²) in [6.45, 7) is 2.19. The van der Waals surface area contributed by atoms with E-state index in [1.54, 1.807) is 7.11 Å². The molecule has 0 fully saturated rings. The average Bonchev–Trinajstić information content (AvgIpc) is 2.46. The molecule has 0 heterocycles. The monoisotopic (exact) mass is 288 g/mol. The van der Waals surface area contributed by atoms with Gasteiger partial charge in [0.2, 0.25) is 5.91 Å². The normalized spacial score (nSPS) is 10.2. The van der Waals surface area contributed by atoms with Crippen molar-refractivity contribution in [1.29, 1.82) is 0 Å². The Kier molecular flexibility index (Phi) is 4.42. The fourth-order valence-corrected chi connectivity index (χ4v) is 2.05. The predicted molar refractivity (Wildman–Crippen MR) is 80.0 cm³/mol. The van der Waals surface area contributed by atoms with Crippen LogP contribution in [0, 0.1) is 12.7 Å². The Morgan fingerprint density at radius 1 is 1.29 bits per heavy atom. The molecular formula is C16H17FN2O2. The van der Waals surface area contributed by atoms with Gasteiger partial charge in [-0.2, -0.15) is 0 Å². The van der Waals surface area contributed by atoms with Gasteiger partial charge in [0.25, 0.3) is 0 Å². The number of halogens is 1. The first-order valence-corrected chi connectivity index (χ1v) is 6.48. The molecule has 0 unspecified atom stereocenters. The molecule has 0 aliphatic rings. The number of carbonyl (C=O) groups is 1. The van der Waals surface area contributed by atoms with Gasteiger partial charge in [0.1, 0.15) is 11.6 Å². The van der Waals surface area contributed by atoms with E-state index in [4.69, 9.17) is 10.5 Å². The number of carbonyl (C=O) groups excluding carboxylic acids is 1. The number of amides is 1. The van der Waals surface area contributed by atoms with E-state index in [0.29, 0.717) is 11.1 Å². The van der Waals surface area contributed by atoms with E-state index in [1.165, 1.54) is 18.2 Å². The second-order valence-electron chi connectivity index (χ2n) is 4.71. The first-order chi connectivity index (χ1) is 10.0. The maximum Gasteiger partial charge on any atom is 0.248 e. The summed E-state index contributed by atoms with van der Waals surface area (Å²) in [5, 5.41) is 3.11. The number of methoxy groups -OCH3 is 1. The maximum absolute atomic E-state index is 13.7. The lowest BCUT2D eigenvalue weighted by Crippen LogP contribution is -2.12. The number of ether oxygens (including phenoxy) is 1. The van der Waals surface area contributed by atoms with Crippen molar-refractivity contribution in [3.8, 4) is 5.75 Å². The van der Waals surface area contributed by atoms with Crippen molar-refractivity contribution in [2.75, 3.05) is 12.4 Å². The summed E-state index contributed by atoms with van der Waals surface area (Å²) in [6.07, 6.45) is 0. The van der Waals surface area contributed by atoms with Crippen molar-refractivity contribution >= 4 is 11.6 Å². The summed E-state index contributed by atoms with van der Waals surface area (Å²) in [5.41, 5.74) is 7.70. The summed E-state index contributed by atoms with van der Waals surface area (Å²) in [7, 11) is 1.61. The van der Waals surface area contributed by atoms with Gasteiger partial charge in [0.15, 0.2) is 0 Å². The van der Waals surface area contributed by atoms with Crippen molar-refractivity contribution in [3.05, 3.63) is 58.9 Å². The summed E-state index contributed by atoms with van der Waals surface area (Å²) in [5.74, 6) is -0.156. The first-order valence-electron chi connectivity index (χ1n) is 6.48. The van der Waals surface area contributed by atoms with Crippen LogP contribution in [-0.4, -0.2) is 13.0 Å². The van der Waals surface area contributed by atoms with E-state index >= 15 is 0 Å². The Hall–Kier alpha value is -2.56. The Balaban J connectivity index is 2.14. The molecule has 0 bridgehead atoms. The Bertz CT molecular complexity index is 671. The van der Waals surface area contributed by atoms with E-state index in [0.717, 1.165) is 17.0 Å². The molecule has 5 heteroatoms. The zero-order chi connectivity index (χ0) is 15.4. The molecule has 4 nitrogen and oxygen atoms in total. The van der Waals surface area contributed by atoms with E-state index < -0.39 is 5.91 Å². The van der Waals surface area contributed by atoms with E-state index in [2.05, 4.69) is 5.32 Å². The average molecular weight is 288 g/mol. The molecular weight excluding hydrogens is 271 g/mol. The van der Waals surface area contributed by atoms with Gasteiger partial charge in [-0.15, -0.1) is 0 Å². The number of hydrogen-bond donors (Lipinski definition) is 2. The second kappa shape index (κ2) is 6.26. The Labute approximate surface area is 122 Å². The maximum atomic E-state index is 13.7. The van der Waals surface area contributed by atoms with Crippen LogP contribution in [0.5, 0.6) is 5.75 Å². The van der Waals surface area contributed by atoms with E-state index in [9.17, 15) is 9.18 Å².